The maximum Gasteiger partial charge on any atom is 0.260 e. The molecule has 0 radical (unpaired) electrons. The molecule has 18 heavy (non-hydrogen) atoms. The van der Waals surface area contributed by atoms with Crippen LogP contribution in [0.5, 0.6) is 0 Å². The molecule has 1 aromatic heterocycles. The predicted octanol–water partition coefficient (Wildman–Crippen LogP) is 3.64. The summed E-state index contributed by atoms with van der Waals surface area (Å²) >= 11 is 1.18. The summed E-state index contributed by atoms with van der Waals surface area (Å²) < 4.78 is 19.0. The third-order valence-electron chi connectivity index (χ3n) is 2.57. The molecule has 96 valence electrons. The lowest BCUT2D eigenvalue weighted by molar-refractivity contribution is 0.453. The van der Waals surface area contributed by atoms with Crippen molar-refractivity contribution < 1.29 is 8.81 Å². The van der Waals surface area contributed by atoms with Crippen LogP contribution < -0.4 is 5.32 Å². The van der Waals surface area contributed by atoms with Gasteiger partial charge in [-0.05, 0) is 42.9 Å². The molecule has 1 unspecified atom stereocenters. The predicted molar refractivity (Wildman–Crippen MR) is 69.1 cm³/mol. The molecule has 0 spiro atoms. The van der Waals surface area contributed by atoms with Crippen LogP contribution in [0.4, 0.5) is 4.39 Å². The maximum absolute atomic E-state index is 13.9. The van der Waals surface area contributed by atoms with E-state index in [1.54, 1.807) is 18.3 Å². The minimum Gasteiger partial charge on any atom is -0.440 e. The van der Waals surface area contributed by atoms with E-state index in [0.29, 0.717) is 10.1 Å². The third-order valence-corrected chi connectivity index (χ3v) is 3.50. The van der Waals surface area contributed by atoms with Crippen LogP contribution in [-0.2, 0) is 0 Å². The van der Waals surface area contributed by atoms with Gasteiger partial charge in [0.05, 0.1) is 11.1 Å². The Kier molecular flexibility index (Phi) is 4.38. The van der Waals surface area contributed by atoms with Crippen molar-refractivity contribution in [1.29, 1.82) is 0 Å². The van der Waals surface area contributed by atoms with Gasteiger partial charge in [-0.2, -0.15) is 0 Å². The van der Waals surface area contributed by atoms with Crippen LogP contribution in [0, 0.1) is 5.82 Å². The highest BCUT2D eigenvalue weighted by Gasteiger charge is 2.11. The summed E-state index contributed by atoms with van der Waals surface area (Å²) in [5.41, 5.74) is 0.936. The smallest absolute Gasteiger partial charge is 0.260 e. The molecule has 0 bridgehead atoms. The highest BCUT2D eigenvalue weighted by Crippen LogP contribution is 2.29. The topological polar surface area (TPSA) is 38.1 Å². The van der Waals surface area contributed by atoms with E-state index in [2.05, 4.69) is 10.3 Å². The van der Waals surface area contributed by atoms with Crippen LogP contribution >= 0.6 is 11.8 Å². The molecule has 0 aliphatic rings. The molecule has 2 aromatic rings. The molecule has 1 atom stereocenters. The van der Waals surface area contributed by atoms with Crippen molar-refractivity contribution in [1.82, 2.24) is 10.3 Å². The fourth-order valence-corrected chi connectivity index (χ4v) is 2.35. The Morgan fingerprint density at radius 2 is 2.33 bits per heavy atom. The molecule has 2 rings (SSSR count). The molecular weight excluding hydrogens is 251 g/mol. The van der Waals surface area contributed by atoms with E-state index in [1.807, 2.05) is 19.9 Å². The molecule has 1 heterocycles. The molecule has 3 nitrogen and oxygen atoms in total. The Hall–Kier alpha value is -1.33. The summed E-state index contributed by atoms with van der Waals surface area (Å²) in [5.74, 6) is -0.250. The van der Waals surface area contributed by atoms with Gasteiger partial charge in [-0.3, -0.25) is 0 Å². The number of halogens is 1. The lowest BCUT2D eigenvalue weighted by atomic mass is 10.1. The van der Waals surface area contributed by atoms with Crippen molar-refractivity contribution >= 4 is 11.8 Å². The first-order valence-corrected chi connectivity index (χ1v) is 6.62. The van der Waals surface area contributed by atoms with Gasteiger partial charge in [0.2, 0.25) is 0 Å². The molecule has 0 aliphatic carbocycles. The van der Waals surface area contributed by atoms with E-state index in [-0.39, 0.29) is 11.9 Å². The summed E-state index contributed by atoms with van der Waals surface area (Å²) in [6.45, 7) is 4.90. The van der Waals surface area contributed by atoms with Gasteiger partial charge >= 0.3 is 0 Å². The first kappa shape index (κ1) is 13.1. The fraction of sp³-hybridized carbons (Fsp3) is 0.308. The number of nitrogens with zero attached hydrogens (tertiary/aromatic N) is 1. The minimum absolute atomic E-state index is 0.144. The molecule has 5 heteroatoms. The van der Waals surface area contributed by atoms with Gasteiger partial charge in [-0.1, -0.05) is 13.0 Å². The molecule has 0 fully saturated rings. The van der Waals surface area contributed by atoms with E-state index in [1.165, 1.54) is 18.0 Å². The van der Waals surface area contributed by atoms with Crippen molar-refractivity contribution in [3.63, 3.8) is 0 Å². The van der Waals surface area contributed by atoms with E-state index in [4.69, 9.17) is 4.42 Å². The van der Waals surface area contributed by atoms with Gasteiger partial charge in [0.25, 0.3) is 5.22 Å². The van der Waals surface area contributed by atoms with Crippen LogP contribution in [0.3, 0.4) is 0 Å². The van der Waals surface area contributed by atoms with E-state index >= 15 is 0 Å². The summed E-state index contributed by atoms with van der Waals surface area (Å²) in [5, 5.41) is 3.70. The Morgan fingerprint density at radius 3 is 2.94 bits per heavy atom. The standard InChI is InChI=1S/C13H15FN2OS/c1-3-15-9(2)10-4-5-12(11(14)8-10)18-13-16-6-7-17-13/h4-9,15H,3H2,1-2H3. The highest BCUT2D eigenvalue weighted by molar-refractivity contribution is 7.99. The SMILES string of the molecule is CCNC(C)c1ccc(Sc2ncco2)c(F)c1. The van der Waals surface area contributed by atoms with Crippen molar-refractivity contribution in [2.75, 3.05) is 6.54 Å². The summed E-state index contributed by atoms with van der Waals surface area (Å²) in [6.07, 6.45) is 3.02. The van der Waals surface area contributed by atoms with Gasteiger partial charge in [-0.25, -0.2) is 9.37 Å². The van der Waals surface area contributed by atoms with Crippen LogP contribution in [0.25, 0.3) is 0 Å². The summed E-state index contributed by atoms with van der Waals surface area (Å²) in [7, 11) is 0. The van der Waals surface area contributed by atoms with Crippen LogP contribution in [-0.4, -0.2) is 11.5 Å². The van der Waals surface area contributed by atoms with Gasteiger partial charge in [-0.15, -0.1) is 0 Å². The number of hydrogen-bond acceptors (Lipinski definition) is 4. The van der Waals surface area contributed by atoms with Crippen molar-refractivity contribution in [3.05, 3.63) is 42.0 Å². The minimum atomic E-state index is -0.250. The molecule has 1 aromatic carbocycles. The van der Waals surface area contributed by atoms with Gasteiger partial charge < -0.3 is 9.73 Å². The first-order valence-electron chi connectivity index (χ1n) is 5.81. The van der Waals surface area contributed by atoms with Crippen LogP contribution in [0.15, 0.2) is 45.2 Å². The average Bonchev–Trinajstić information content (AvgIpc) is 2.85. The zero-order valence-corrected chi connectivity index (χ0v) is 11.1. The van der Waals surface area contributed by atoms with Gasteiger partial charge in [0.15, 0.2) is 0 Å². The van der Waals surface area contributed by atoms with E-state index in [9.17, 15) is 4.39 Å². The lowest BCUT2D eigenvalue weighted by Gasteiger charge is -2.13. The molecule has 0 amide bonds. The Labute approximate surface area is 110 Å². The van der Waals surface area contributed by atoms with Gasteiger partial charge in [0.1, 0.15) is 12.1 Å². The number of benzene rings is 1. The second-order valence-electron chi connectivity index (χ2n) is 3.87. The quantitative estimate of drug-likeness (QED) is 0.896. The van der Waals surface area contributed by atoms with Crippen LogP contribution in [0.2, 0.25) is 0 Å². The van der Waals surface area contributed by atoms with Gasteiger partial charge in [0, 0.05) is 6.04 Å². The van der Waals surface area contributed by atoms with Crippen LogP contribution in [0.1, 0.15) is 25.5 Å². The highest BCUT2D eigenvalue weighted by atomic mass is 32.2. The Bertz CT molecular complexity index is 502. The second kappa shape index (κ2) is 6.02. The largest absolute Gasteiger partial charge is 0.440 e. The normalized spacial score (nSPS) is 12.6. The summed E-state index contributed by atoms with van der Waals surface area (Å²) in [6, 6.07) is 5.37. The number of rotatable bonds is 5. The molecular formula is C13H15FN2OS. The Balaban J connectivity index is 2.14. The third kappa shape index (κ3) is 3.11. The van der Waals surface area contributed by atoms with E-state index in [0.717, 1.165) is 12.1 Å². The number of oxazole rings is 1. The zero-order valence-electron chi connectivity index (χ0n) is 10.3. The molecule has 0 saturated heterocycles. The number of aromatic nitrogens is 1. The number of hydrogen-bond donors (Lipinski definition) is 1. The second-order valence-corrected chi connectivity index (χ2v) is 4.86. The molecule has 0 aliphatic heterocycles. The van der Waals surface area contributed by atoms with Crippen molar-refractivity contribution in [3.8, 4) is 0 Å². The monoisotopic (exact) mass is 266 g/mol. The molecule has 0 saturated carbocycles. The van der Waals surface area contributed by atoms with E-state index < -0.39 is 0 Å². The molecule has 1 N–H and O–H groups in total. The zero-order chi connectivity index (χ0) is 13.0. The van der Waals surface area contributed by atoms with Crippen molar-refractivity contribution in [2.24, 2.45) is 0 Å². The summed E-state index contributed by atoms with van der Waals surface area (Å²) in [4.78, 5) is 4.48. The lowest BCUT2D eigenvalue weighted by Crippen LogP contribution is -2.17. The maximum atomic E-state index is 13.9. The average molecular weight is 266 g/mol. The number of nitrogens with one attached hydrogen (secondary N) is 1. The Morgan fingerprint density at radius 1 is 1.50 bits per heavy atom. The first-order chi connectivity index (χ1) is 8.70. The fourth-order valence-electron chi connectivity index (χ4n) is 1.65. The van der Waals surface area contributed by atoms with Crippen molar-refractivity contribution in [2.45, 2.75) is 30.0 Å².